The lowest BCUT2D eigenvalue weighted by molar-refractivity contribution is -0.137. The Labute approximate surface area is 115 Å². The molecular formula is C13H24N2O3S. The van der Waals surface area contributed by atoms with Gasteiger partial charge in [-0.1, -0.05) is 19.3 Å². The standard InChI is InChI=1S/C13H24N2O3S/c1-14-19(17,18)10-12-8-5-9-15(12)13(16)11-6-3-2-4-7-11/h11-12,14H,2-10H2,1H3/t12-/m0/s1. The predicted octanol–water partition coefficient (Wildman–Crippen LogP) is 1.11. The van der Waals surface area contributed by atoms with Gasteiger partial charge in [-0.05, 0) is 32.7 Å². The van der Waals surface area contributed by atoms with E-state index in [0.29, 0.717) is 0 Å². The number of sulfonamides is 1. The van der Waals surface area contributed by atoms with Crippen LogP contribution in [-0.4, -0.2) is 44.6 Å². The van der Waals surface area contributed by atoms with Crippen LogP contribution in [0.15, 0.2) is 0 Å². The Morgan fingerprint density at radius 2 is 1.84 bits per heavy atom. The Balaban J connectivity index is 1.99. The van der Waals surface area contributed by atoms with Crippen LogP contribution >= 0.6 is 0 Å². The highest BCUT2D eigenvalue weighted by atomic mass is 32.2. The van der Waals surface area contributed by atoms with Crippen LogP contribution in [0.4, 0.5) is 0 Å². The lowest BCUT2D eigenvalue weighted by Crippen LogP contribution is -2.44. The molecule has 0 aromatic heterocycles. The number of amides is 1. The van der Waals surface area contributed by atoms with Crippen molar-refractivity contribution in [2.24, 2.45) is 5.92 Å². The zero-order valence-corrected chi connectivity index (χ0v) is 12.4. The molecule has 0 bridgehead atoms. The fourth-order valence-corrected chi connectivity index (χ4v) is 4.24. The van der Waals surface area contributed by atoms with Crippen LogP contribution in [0.25, 0.3) is 0 Å². The normalized spacial score (nSPS) is 25.7. The third kappa shape index (κ3) is 3.69. The Bertz CT molecular complexity index is 416. The van der Waals surface area contributed by atoms with E-state index in [1.165, 1.54) is 13.5 Å². The summed E-state index contributed by atoms with van der Waals surface area (Å²) in [6, 6.07) is -0.133. The Morgan fingerprint density at radius 3 is 2.47 bits per heavy atom. The molecule has 1 aliphatic carbocycles. The Hall–Kier alpha value is -0.620. The van der Waals surface area contributed by atoms with E-state index in [1.807, 2.05) is 4.90 Å². The van der Waals surface area contributed by atoms with E-state index in [9.17, 15) is 13.2 Å². The monoisotopic (exact) mass is 288 g/mol. The third-order valence-corrected chi connectivity index (χ3v) is 5.78. The summed E-state index contributed by atoms with van der Waals surface area (Å²) in [5, 5.41) is 0. The highest BCUT2D eigenvalue weighted by Crippen LogP contribution is 2.29. The summed E-state index contributed by atoms with van der Waals surface area (Å²) in [7, 11) is -1.82. The first-order valence-corrected chi connectivity index (χ1v) is 8.90. The van der Waals surface area contributed by atoms with Gasteiger partial charge in [0.2, 0.25) is 15.9 Å². The molecule has 1 atom stereocenters. The molecule has 1 saturated carbocycles. The van der Waals surface area contributed by atoms with Gasteiger partial charge in [0.25, 0.3) is 0 Å². The lowest BCUT2D eigenvalue weighted by atomic mass is 9.88. The van der Waals surface area contributed by atoms with Crippen LogP contribution < -0.4 is 4.72 Å². The van der Waals surface area contributed by atoms with Gasteiger partial charge in [-0.15, -0.1) is 0 Å². The maximum atomic E-state index is 12.5. The van der Waals surface area contributed by atoms with E-state index < -0.39 is 10.0 Å². The molecule has 1 heterocycles. The van der Waals surface area contributed by atoms with E-state index in [-0.39, 0.29) is 23.6 Å². The molecule has 1 saturated heterocycles. The van der Waals surface area contributed by atoms with E-state index in [4.69, 9.17) is 0 Å². The minimum Gasteiger partial charge on any atom is -0.338 e. The second-order valence-corrected chi connectivity index (χ2v) is 7.62. The molecule has 0 radical (unpaired) electrons. The highest BCUT2D eigenvalue weighted by molar-refractivity contribution is 7.89. The van der Waals surface area contributed by atoms with Crippen LogP contribution in [0.3, 0.4) is 0 Å². The second kappa shape index (κ2) is 6.22. The molecule has 110 valence electrons. The van der Waals surface area contributed by atoms with E-state index in [0.717, 1.165) is 45.1 Å². The number of hydrogen-bond acceptors (Lipinski definition) is 3. The smallest absolute Gasteiger partial charge is 0.225 e. The predicted molar refractivity (Wildman–Crippen MR) is 74.2 cm³/mol. The van der Waals surface area contributed by atoms with Crippen LogP contribution in [0.1, 0.15) is 44.9 Å². The number of nitrogens with one attached hydrogen (secondary N) is 1. The molecule has 2 fully saturated rings. The van der Waals surface area contributed by atoms with Crippen molar-refractivity contribution in [3.05, 3.63) is 0 Å². The quantitative estimate of drug-likeness (QED) is 0.842. The van der Waals surface area contributed by atoms with Crippen molar-refractivity contribution in [2.75, 3.05) is 19.3 Å². The summed E-state index contributed by atoms with van der Waals surface area (Å²) in [5.74, 6) is 0.363. The molecule has 19 heavy (non-hydrogen) atoms. The third-order valence-electron chi connectivity index (χ3n) is 4.34. The van der Waals surface area contributed by atoms with Crippen molar-refractivity contribution in [1.29, 1.82) is 0 Å². The van der Waals surface area contributed by atoms with Gasteiger partial charge in [0.15, 0.2) is 0 Å². The van der Waals surface area contributed by atoms with Crippen molar-refractivity contribution in [1.82, 2.24) is 9.62 Å². The van der Waals surface area contributed by atoms with Gasteiger partial charge in [-0.3, -0.25) is 4.79 Å². The van der Waals surface area contributed by atoms with Gasteiger partial charge in [-0.25, -0.2) is 13.1 Å². The maximum Gasteiger partial charge on any atom is 0.225 e. The molecule has 2 rings (SSSR count). The summed E-state index contributed by atoms with van der Waals surface area (Å²) in [4.78, 5) is 14.3. The first kappa shape index (κ1) is 14.8. The number of likely N-dealkylation sites (tertiary alicyclic amines) is 1. The maximum absolute atomic E-state index is 12.5. The molecule has 0 aromatic carbocycles. The number of carbonyl (C=O) groups excluding carboxylic acids is 1. The molecule has 1 amide bonds. The van der Waals surface area contributed by atoms with Crippen LogP contribution in [-0.2, 0) is 14.8 Å². The van der Waals surface area contributed by atoms with Gasteiger partial charge in [0, 0.05) is 18.5 Å². The first-order valence-electron chi connectivity index (χ1n) is 7.25. The largest absolute Gasteiger partial charge is 0.338 e. The van der Waals surface area contributed by atoms with E-state index >= 15 is 0 Å². The average molecular weight is 288 g/mol. The van der Waals surface area contributed by atoms with Gasteiger partial charge >= 0.3 is 0 Å². The Morgan fingerprint density at radius 1 is 1.16 bits per heavy atom. The number of rotatable bonds is 4. The van der Waals surface area contributed by atoms with Gasteiger partial charge < -0.3 is 4.90 Å². The lowest BCUT2D eigenvalue weighted by Gasteiger charge is -2.30. The minimum atomic E-state index is -3.24. The molecule has 0 aromatic rings. The summed E-state index contributed by atoms with van der Waals surface area (Å²) in [6.07, 6.45) is 7.15. The van der Waals surface area contributed by atoms with Crippen molar-refractivity contribution < 1.29 is 13.2 Å². The van der Waals surface area contributed by atoms with Crippen molar-refractivity contribution >= 4 is 15.9 Å². The number of hydrogen-bond donors (Lipinski definition) is 1. The minimum absolute atomic E-state index is 0.0436. The fraction of sp³-hybridized carbons (Fsp3) is 0.923. The van der Waals surface area contributed by atoms with Crippen LogP contribution in [0, 0.1) is 5.92 Å². The zero-order chi connectivity index (χ0) is 13.9. The Kier molecular flexibility index (Phi) is 4.84. The van der Waals surface area contributed by atoms with Crippen LogP contribution in [0.5, 0.6) is 0 Å². The summed E-state index contributed by atoms with van der Waals surface area (Å²) in [6.45, 7) is 0.721. The van der Waals surface area contributed by atoms with Crippen molar-refractivity contribution in [3.8, 4) is 0 Å². The van der Waals surface area contributed by atoms with Gasteiger partial charge in [0.05, 0.1) is 5.75 Å². The molecule has 2 aliphatic rings. The van der Waals surface area contributed by atoms with Gasteiger partial charge in [-0.2, -0.15) is 0 Å². The molecule has 5 nitrogen and oxygen atoms in total. The topological polar surface area (TPSA) is 66.5 Å². The highest BCUT2D eigenvalue weighted by Gasteiger charge is 2.35. The number of nitrogens with zero attached hydrogens (tertiary/aromatic N) is 1. The van der Waals surface area contributed by atoms with Crippen molar-refractivity contribution in [2.45, 2.75) is 51.0 Å². The molecular weight excluding hydrogens is 264 g/mol. The summed E-state index contributed by atoms with van der Waals surface area (Å²) < 4.78 is 25.6. The van der Waals surface area contributed by atoms with E-state index in [2.05, 4.69) is 4.72 Å². The summed E-state index contributed by atoms with van der Waals surface area (Å²) in [5.41, 5.74) is 0. The van der Waals surface area contributed by atoms with E-state index in [1.54, 1.807) is 0 Å². The number of carbonyl (C=O) groups is 1. The SMILES string of the molecule is CNS(=O)(=O)C[C@@H]1CCCN1C(=O)C1CCCCC1. The zero-order valence-electron chi connectivity index (χ0n) is 11.6. The average Bonchev–Trinajstić information content (AvgIpc) is 2.86. The van der Waals surface area contributed by atoms with Gasteiger partial charge in [0.1, 0.15) is 0 Å². The molecule has 6 heteroatoms. The van der Waals surface area contributed by atoms with Crippen LogP contribution in [0.2, 0.25) is 0 Å². The molecule has 1 N–H and O–H groups in total. The first-order chi connectivity index (χ1) is 9.03. The fourth-order valence-electron chi connectivity index (χ4n) is 3.22. The molecule has 0 spiro atoms. The van der Waals surface area contributed by atoms with Crippen molar-refractivity contribution in [3.63, 3.8) is 0 Å². The summed E-state index contributed by atoms with van der Waals surface area (Å²) >= 11 is 0. The molecule has 1 aliphatic heterocycles. The second-order valence-electron chi connectivity index (χ2n) is 5.65. The molecule has 0 unspecified atom stereocenters.